The molecule has 0 spiro atoms. The molecule has 0 bridgehead atoms. The predicted octanol–water partition coefficient (Wildman–Crippen LogP) is 2.88. The van der Waals surface area contributed by atoms with Crippen molar-refractivity contribution < 1.29 is 4.79 Å². The molecule has 2 rings (SSSR count). The van der Waals surface area contributed by atoms with Crippen LogP contribution in [0, 0.1) is 14.9 Å². The van der Waals surface area contributed by atoms with Crippen molar-refractivity contribution in [3.05, 3.63) is 27.3 Å². The van der Waals surface area contributed by atoms with Crippen LogP contribution in [0.4, 0.5) is 5.69 Å². The van der Waals surface area contributed by atoms with Crippen LogP contribution in [0.1, 0.15) is 25.3 Å². The second-order valence-electron chi connectivity index (χ2n) is 4.42. The molecule has 1 aromatic rings. The van der Waals surface area contributed by atoms with Crippen molar-refractivity contribution >= 4 is 39.9 Å². The Labute approximate surface area is 126 Å². The number of hydrogen-bond donors (Lipinski definition) is 0. The van der Waals surface area contributed by atoms with Gasteiger partial charge in [0, 0.05) is 15.8 Å². The largest absolute Gasteiger partial charge is 0.337 e. The number of nitriles is 1. The number of benzene rings is 1. The van der Waals surface area contributed by atoms with Crippen LogP contribution >= 0.6 is 22.6 Å². The van der Waals surface area contributed by atoms with Gasteiger partial charge in [-0.15, -0.1) is 0 Å². The summed E-state index contributed by atoms with van der Waals surface area (Å²) < 4.78 is 0.936. The smallest absolute Gasteiger partial charge is 0.228 e. The summed E-state index contributed by atoms with van der Waals surface area (Å²) >= 11 is 2.17. The van der Waals surface area contributed by atoms with E-state index in [1.54, 1.807) is 6.07 Å². The van der Waals surface area contributed by atoms with Crippen LogP contribution in [0.25, 0.3) is 0 Å². The normalized spacial score (nSPS) is 17.0. The third kappa shape index (κ3) is 3.13. The van der Waals surface area contributed by atoms with Crippen molar-refractivity contribution in [2.45, 2.75) is 19.8 Å². The average molecular weight is 367 g/mol. The number of rotatable bonds is 3. The average Bonchev–Trinajstić information content (AvgIpc) is 2.73. The number of para-hydroxylation sites is 1. The Morgan fingerprint density at radius 2 is 2.32 bits per heavy atom. The minimum Gasteiger partial charge on any atom is -0.337 e. The number of halogens is 1. The molecule has 0 N–H and O–H groups in total. The van der Waals surface area contributed by atoms with Gasteiger partial charge in [0.2, 0.25) is 5.91 Å². The zero-order chi connectivity index (χ0) is 13.8. The van der Waals surface area contributed by atoms with Gasteiger partial charge in [-0.25, -0.2) is 0 Å². The first-order valence-corrected chi connectivity index (χ1v) is 7.26. The molecule has 1 fully saturated rings. The van der Waals surface area contributed by atoms with E-state index < -0.39 is 0 Å². The lowest BCUT2D eigenvalue weighted by Gasteiger charge is -2.12. The lowest BCUT2D eigenvalue weighted by Crippen LogP contribution is -2.25. The molecule has 5 heteroatoms. The number of hydrogen-bond acceptors (Lipinski definition) is 3. The van der Waals surface area contributed by atoms with Gasteiger partial charge in [0.05, 0.1) is 24.2 Å². The van der Waals surface area contributed by atoms with Crippen molar-refractivity contribution in [3.8, 4) is 6.07 Å². The molecule has 0 saturated carbocycles. The van der Waals surface area contributed by atoms with Crippen LogP contribution in [0.5, 0.6) is 0 Å². The molecule has 0 aromatic heterocycles. The maximum absolute atomic E-state index is 11.8. The number of nitrogens with zero attached hydrogens (tertiary/aromatic N) is 3. The summed E-state index contributed by atoms with van der Waals surface area (Å²) in [5.41, 5.74) is 2.09. The van der Waals surface area contributed by atoms with Gasteiger partial charge in [0.15, 0.2) is 0 Å². The quantitative estimate of drug-likeness (QED) is 0.772. The van der Waals surface area contributed by atoms with E-state index in [1.165, 1.54) is 0 Å². The SMILES string of the molecule is CCCN1CC(=Nc2c(I)cccc2C#N)CC1=O. The van der Waals surface area contributed by atoms with Crippen molar-refractivity contribution in [2.75, 3.05) is 13.1 Å². The van der Waals surface area contributed by atoms with E-state index in [-0.39, 0.29) is 5.91 Å². The van der Waals surface area contributed by atoms with Crippen LogP contribution in [0.15, 0.2) is 23.2 Å². The van der Waals surface area contributed by atoms with Crippen molar-refractivity contribution in [1.29, 1.82) is 5.26 Å². The molecule has 1 amide bonds. The summed E-state index contributed by atoms with van der Waals surface area (Å²) in [6, 6.07) is 7.66. The van der Waals surface area contributed by atoms with Gasteiger partial charge in [-0.05, 0) is 41.1 Å². The Kier molecular flexibility index (Phi) is 4.53. The van der Waals surface area contributed by atoms with Gasteiger partial charge in [-0.3, -0.25) is 9.79 Å². The van der Waals surface area contributed by atoms with Crippen LogP contribution in [0.3, 0.4) is 0 Å². The molecular formula is C14H14IN3O. The molecule has 0 atom stereocenters. The van der Waals surface area contributed by atoms with E-state index in [1.807, 2.05) is 17.0 Å². The molecular weight excluding hydrogens is 353 g/mol. The fourth-order valence-corrected chi connectivity index (χ4v) is 2.70. The van der Waals surface area contributed by atoms with Crippen molar-refractivity contribution in [3.63, 3.8) is 0 Å². The summed E-state index contributed by atoms with van der Waals surface area (Å²) in [7, 11) is 0. The van der Waals surface area contributed by atoms with Crippen LogP contribution < -0.4 is 0 Å². The van der Waals surface area contributed by atoms with Gasteiger partial charge in [0.1, 0.15) is 6.07 Å². The van der Waals surface area contributed by atoms with Crippen LogP contribution in [-0.2, 0) is 4.79 Å². The lowest BCUT2D eigenvalue weighted by molar-refractivity contribution is -0.127. The predicted molar refractivity (Wildman–Crippen MR) is 82.5 cm³/mol. The third-order valence-corrected chi connectivity index (χ3v) is 3.82. The lowest BCUT2D eigenvalue weighted by atomic mass is 10.2. The molecule has 4 nitrogen and oxygen atoms in total. The third-order valence-electron chi connectivity index (χ3n) is 2.95. The summed E-state index contributed by atoms with van der Waals surface area (Å²) in [5.74, 6) is 0.130. The highest BCUT2D eigenvalue weighted by Gasteiger charge is 2.25. The summed E-state index contributed by atoms with van der Waals surface area (Å²) in [5, 5.41) is 9.11. The first-order chi connectivity index (χ1) is 9.15. The number of likely N-dealkylation sites (tertiary alicyclic amines) is 1. The summed E-state index contributed by atoms with van der Waals surface area (Å²) in [4.78, 5) is 18.1. The molecule has 0 aliphatic carbocycles. The zero-order valence-corrected chi connectivity index (χ0v) is 12.8. The molecule has 0 unspecified atom stereocenters. The zero-order valence-electron chi connectivity index (χ0n) is 10.7. The van der Waals surface area contributed by atoms with Gasteiger partial charge in [-0.2, -0.15) is 5.26 Å². The standard InChI is InChI=1S/C14H14IN3O/c1-2-6-18-9-11(7-13(18)19)17-14-10(8-16)4-3-5-12(14)15/h3-5H,2,6-7,9H2,1H3. The number of aliphatic imine (C=N–C) groups is 1. The molecule has 1 aliphatic rings. The second-order valence-corrected chi connectivity index (χ2v) is 5.58. The molecule has 19 heavy (non-hydrogen) atoms. The Balaban J connectivity index is 2.29. The maximum Gasteiger partial charge on any atom is 0.228 e. The molecule has 1 saturated heterocycles. The van der Waals surface area contributed by atoms with E-state index >= 15 is 0 Å². The van der Waals surface area contributed by atoms with E-state index in [0.29, 0.717) is 24.2 Å². The van der Waals surface area contributed by atoms with E-state index in [0.717, 1.165) is 22.2 Å². The fourth-order valence-electron chi connectivity index (χ4n) is 2.08. The number of amides is 1. The first kappa shape index (κ1) is 14.0. The van der Waals surface area contributed by atoms with Gasteiger partial charge >= 0.3 is 0 Å². The van der Waals surface area contributed by atoms with Gasteiger partial charge in [0.25, 0.3) is 0 Å². The molecule has 0 radical (unpaired) electrons. The van der Waals surface area contributed by atoms with Crippen LogP contribution in [0.2, 0.25) is 0 Å². The highest BCUT2D eigenvalue weighted by molar-refractivity contribution is 14.1. The highest BCUT2D eigenvalue weighted by atomic mass is 127. The summed E-state index contributed by atoms with van der Waals surface area (Å²) in [6.45, 7) is 3.41. The van der Waals surface area contributed by atoms with Crippen molar-refractivity contribution in [1.82, 2.24) is 4.90 Å². The molecule has 98 valence electrons. The molecule has 1 aromatic carbocycles. The van der Waals surface area contributed by atoms with E-state index in [9.17, 15) is 4.79 Å². The van der Waals surface area contributed by atoms with Gasteiger partial charge in [-0.1, -0.05) is 13.0 Å². The minimum absolute atomic E-state index is 0.130. The fraction of sp³-hybridized carbons (Fsp3) is 0.357. The van der Waals surface area contributed by atoms with Gasteiger partial charge < -0.3 is 4.90 Å². The minimum atomic E-state index is 0.130. The Morgan fingerprint density at radius 3 is 3.00 bits per heavy atom. The topological polar surface area (TPSA) is 56.5 Å². The van der Waals surface area contributed by atoms with Crippen LogP contribution in [-0.4, -0.2) is 29.6 Å². The Morgan fingerprint density at radius 1 is 1.53 bits per heavy atom. The Bertz CT molecular complexity index is 575. The monoisotopic (exact) mass is 367 g/mol. The number of carbonyl (C=O) groups is 1. The first-order valence-electron chi connectivity index (χ1n) is 6.18. The molecule has 1 aliphatic heterocycles. The molecule has 1 heterocycles. The van der Waals surface area contributed by atoms with Crippen molar-refractivity contribution in [2.24, 2.45) is 4.99 Å². The van der Waals surface area contributed by atoms with E-state index in [4.69, 9.17) is 5.26 Å². The van der Waals surface area contributed by atoms with E-state index in [2.05, 4.69) is 40.6 Å². The highest BCUT2D eigenvalue weighted by Crippen LogP contribution is 2.27. The Hall–Kier alpha value is -1.42. The summed E-state index contributed by atoms with van der Waals surface area (Å²) in [6.07, 6.45) is 1.32. The maximum atomic E-state index is 11.8. The second kappa shape index (κ2) is 6.15. The number of carbonyl (C=O) groups excluding carboxylic acids is 1.